The van der Waals surface area contributed by atoms with Gasteiger partial charge in [-0.15, -0.1) is 0 Å². The van der Waals surface area contributed by atoms with Crippen LogP contribution in [0.2, 0.25) is 0 Å². The van der Waals surface area contributed by atoms with Gasteiger partial charge in [0.05, 0.1) is 7.11 Å². The molecule has 0 amide bonds. The average Bonchev–Trinajstić information content (AvgIpc) is 2.24. The first-order valence-electron chi connectivity index (χ1n) is 5.23. The van der Waals surface area contributed by atoms with Crippen molar-refractivity contribution < 1.29 is 15.3 Å². The van der Waals surface area contributed by atoms with E-state index in [1.807, 2.05) is 7.05 Å². The van der Waals surface area contributed by atoms with Crippen molar-refractivity contribution in [1.29, 1.82) is 0 Å². The minimum absolute atomic E-state index is 0. The number of carbonyl (C=O) groups excluding carboxylic acids is 1. The van der Waals surface area contributed by atoms with Crippen LogP contribution in [0.4, 0.5) is 0 Å². The largest absolute Gasteiger partial charge is 0.465 e. The first kappa shape index (κ1) is 19.9. The second-order valence-corrected chi connectivity index (χ2v) is 2.99. The van der Waals surface area contributed by atoms with Crippen molar-refractivity contribution in [1.82, 2.24) is 11.5 Å². The van der Waals surface area contributed by atoms with Gasteiger partial charge in [-0.3, -0.25) is 0 Å². The number of esters is 1. The third-order valence-electron chi connectivity index (χ3n) is 1.71. The Hall–Kier alpha value is -0.650. The van der Waals surface area contributed by atoms with E-state index in [9.17, 15) is 4.79 Å². The van der Waals surface area contributed by atoms with Crippen molar-refractivity contribution >= 4 is 5.97 Å². The number of hydrogen-bond acceptors (Lipinski definition) is 3. The molecule has 0 aromatic rings. The molecule has 0 unspecified atom stereocenters. The van der Waals surface area contributed by atoms with Crippen molar-refractivity contribution in [3.8, 4) is 0 Å². The van der Waals surface area contributed by atoms with Crippen LogP contribution < -0.4 is 17.2 Å². The SMILES string of the molecule is CCCCCCNC.COC(=O)C[NH3+].[NH4+]. The third kappa shape index (κ3) is 24.7. The molecular weight excluding hydrogens is 194 g/mol. The maximum atomic E-state index is 9.90. The van der Waals surface area contributed by atoms with E-state index in [2.05, 4.69) is 22.7 Å². The molecule has 0 aliphatic carbocycles. The van der Waals surface area contributed by atoms with Crippen LogP contribution in [0.15, 0.2) is 0 Å². The number of unbranched alkanes of at least 4 members (excludes halogenated alkanes) is 3. The fourth-order valence-electron chi connectivity index (χ4n) is 0.831. The number of carbonyl (C=O) groups is 1. The predicted molar refractivity (Wildman–Crippen MR) is 63.8 cm³/mol. The zero-order valence-corrected chi connectivity index (χ0v) is 10.8. The minimum Gasteiger partial charge on any atom is -0.465 e. The summed E-state index contributed by atoms with van der Waals surface area (Å²) in [5.41, 5.74) is 3.28. The second kappa shape index (κ2) is 19.0. The molecule has 94 valence electrons. The van der Waals surface area contributed by atoms with Gasteiger partial charge in [0.25, 0.3) is 0 Å². The van der Waals surface area contributed by atoms with E-state index >= 15 is 0 Å². The molecule has 0 heterocycles. The summed E-state index contributed by atoms with van der Waals surface area (Å²) in [5, 5.41) is 3.13. The Balaban J connectivity index is -0.000000187. The fourth-order valence-corrected chi connectivity index (χ4v) is 0.831. The maximum Gasteiger partial charge on any atom is 0.361 e. The molecule has 0 aromatic heterocycles. The fraction of sp³-hybridized carbons (Fsp3) is 0.900. The summed E-state index contributed by atoms with van der Waals surface area (Å²) in [6.45, 7) is 3.63. The highest BCUT2D eigenvalue weighted by Gasteiger charge is 1.91. The molecule has 5 heteroatoms. The molecular formula is C10H29N3O2+2. The Morgan fingerprint density at radius 3 is 2.20 bits per heavy atom. The molecule has 8 N–H and O–H groups in total. The smallest absolute Gasteiger partial charge is 0.361 e. The number of methoxy groups -OCH3 is 1. The number of ether oxygens (including phenoxy) is 1. The van der Waals surface area contributed by atoms with Crippen LogP contribution in [-0.2, 0) is 9.53 Å². The van der Waals surface area contributed by atoms with Crippen LogP contribution in [0, 0.1) is 0 Å². The number of quaternary nitrogens is 2. The molecule has 15 heavy (non-hydrogen) atoms. The van der Waals surface area contributed by atoms with Gasteiger partial charge in [0.15, 0.2) is 6.54 Å². The highest BCUT2D eigenvalue weighted by molar-refractivity contribution is 5.69. The van der Waals surface area contributed by atoms with Crippen LogP contribution >= 0.6 is 0 Å². The van der Waals surface area contributed by atoms with Gasteiger partial charge in [0.1, 0.15) is 0 Å². The summed E-state index contributed by atoms with van der Waals surface area (Å²) in [6.07, 6.45) is 5.45. The second-order valence-electron chi connectivity index (χ2n) is 2.99. The Morgan fingerprint density at radius 2 is 1.93 bits per heavy atom. The normalized spacial score (nSPS) is 8.27. The lowest BCUT2D eigenvalue weighted by atomic mass is 10.2. The molecule has 0 aliphatic rings. The van der Waals surface area contributed by atoms with E-state index in [1.54, 1.807) is 0 Å². The highest BCUT2D eigenvalue weighted by Crippen LogP contribution is 1.96. The Bertz CT molecular complexity index is 109. The van der Waals surface area contributed by atoms with Gasteiger partial charge in [0, 0.05) is 0 Å². The van der Waals surface area contributed by atoms with E-state index < -0.39 is 0 Å². The van der Waals surface area contributed by atoms with Crippen LogP contribution in [0.25, 0.3) is 0 Å². The molecule has 5 nitrogen and oxygen atoms in total. The molecule has 0 saturated carbocycles. The molecule has 0 radical (unpaired) electrons. The molecule has 0 spiro atoms. The van der Waals surface area contributed by atoms with Crippen molar-refractivity contribution in [2.75, 3.05) is 27.2 Å². The van der Waals surface area contributed by atoms with E-state index in [4.69, 9.17) is 0 Å². The summed E-state index contributed by atoms with van der Waals surface area (Å²) in [4.78, 5) is 9.90. The van der Waals surface area contributed by atoms with Crippen molar-refractivity contribution in [3.63, 3.8) is 0 Å². The molecule has 0 rings (SSSR count). The summed E-state index contributed by atoms with van der Waals surface area (Å²) < 4.78 is 4.20. The first-order valence-corrected chi connectivity index (χ1v) is 5.23. The lowest BCUT2D eigenvalue weighted by Gasteiger charge is -1.95. The topological polar surface area (TPSA) is 102 Å². The summed E-state index contributed by atoms with van der Waals surface area (Å²) >= 11 is 0. The zero-order valence-electron chi connectivity index (χ0n) is 10.8. The number of hydrogen-bond donors (Lipinski definition) is 3. The Labute approximate surface area is 93.3 Å². The molecule has 0 fully saturated rings. The molecule has 0 aliphatic heterocycles. The average molecular weight is 223 g/mol. The van der Waals surface area contributed by atoms with Crippen LogP contribution in [0.5, 0.6) is 0 Å². The molecule has 0 bridgehead atoms. The van der Waals surface area contributed by atoms with Crippen LogP contribution in [0.3, 0.4) is 0 Å². The Morgan fingerprint density at radius 1 is 1.33 bits per heavy atom. The van der Waals surface area contributed by atoms with Gasteiger partial charge < -0.3 is 21.9 Å². The predicted octanol–water partition coefficient (Wildman–Crippen LogP) is 0.564. The van der Waals surface area contributed by atoms with Crippen molar-refractivity contribution in [3.05, 3.63) is 0 Å². The van der Waals surface area contributed by atoms with Crippen LogP contribution in [-0.4, -0.2) is 33.2 Å². The summed E-state index contributed by atoms with van der Waals surface area (Å²) in [6, 6.07) is 0. The van der Waals surface area contributed by atoms with Gasteiger partial charge in [-0.25, -0.2) is 4.79 Å². The third-order valence-corrected chi connectivity index (χ3v) is 1.71. The van der Waals surface area contributed by atoms with Gasteiger partial charge >= 0.3 is 5.97 Å². The first-order chi connectivity index (χ1) is 6.72. The van der Waals surface area contributed by atoms with Gasteiger partial charge in [0.2, 0.25) is 0 Å². The number of nitrogens with one attached hydrogen (secondary N) is 1. The van der Waals surface area contributed by atoms with E-state index in [1.165, 1.54) is 39.3 Å². The van der Waals surface area contributed by atoms with Crippen molar-refractivity contribution in [2.24, 2.45) is 0 Å². The molecule has 0 atom stereocenters. The zero-order chi connectivity index (χ0) is 11.2. The minimum atomic E-state index is -0.269. The standard InChI is InChI=1S/C7H17N.C3H7NO2.H3N/c1-3-4-5-6-7-8-2;1-6-3(5)2-4;/h8H,3-7H2,1-2H3;2,4H2,1H3;1H3/p+2. The van der Waals surface area contributed by atoms with E-state index in [0.717, 1.165) is 0 Å². The summed E-state index contributed by atoms with van der Waals surface area (Å²) in [5.74, 6) is -0.269. The molecule has 0 saturated heterocycles. The Kier molecular flexibility index (Phi) is 25.2. The number of rotatable bonds is 6. The quantitative estimate of drug-likeness (QED) is 0.453. The lowest BCUT2D eigenvalue weighted by Crippen LogP contribution is -2.54. The van der Waals surface area contributed by atoms with Crippen molar-refractivity contribution in [2.45, 2.75) is 32.6 Å². The maximum absolute atomic E-state index is 9.90. The van der Waals surface area contributed by atoms with E-state index in [-0.39, 0.29) is 18.7 Å². The monoisotopic (exact) mass is 223 g/mol. The van der Waals surface area contributed by atoms with Gasteiger partial charge in [-0.2, -0.15) is 0 Å². The van der Waals surface area contributed by atoms with Gasteiger partial charge in [-0.1, -0.05) is 26.2 Å². The van der Waals surface area contributed by atoms with Gasteiger partial charge in [-0.05, 0) is 20.0 Å². The lowest BCUT2D eigenvalue weighted by molar-refractivity contribution is -0.359. The highest BCUT2D eigenvalue weighted by atomic mass is 16.5. The van der Waals surface area contributed by atoms with E-state index in [0.29, 0.717) is 0 Å². The molecule has 0 aromatic carbocycles. The van der Waals surface area contributed by atoms with Crippen LogP contribution in [0.1, 0.15) is 32.6 Å². The summed E-state index contributed by atoms with van der Waals surface area (Å²) in [7, 11) is 3.35.